The van der Waals surface area contributed by atoms with Crippen molar-refractivity contribution in [1.29, 1.82) is 0 Å². The van der Waals surface area contributed by atoms with Gasteiger partial charge in [0.1, 0.15) is 0 Å². The summed E-state index contributed by atoms with van der Waals surface area (Å²) in [7, 11) is 0. The Morgan fingerprint density at radius 3 is 2.50 bits per heavy atom. The molecule has 0 aliphatic heterocycles. The second-order valence-corrected chi connectivity index (χ2v) is 5.20. The summed E-state index contributed by atoms with van der Waals surface area (Å²) in [5.41, 5.74) is 1.02. The van der Waals surface area contributed by atoms with Gasteiger partial charge in [-0.25, -0.2) is 0 Å². The average Bonchev–Trinajstić information content (AvgIpc) is 2.33. The van der Waals surface area contributed by atoms with Crippen LogP contribution < -0.4 is 10.2 Å². The maximum atomic E-state index is 5.32. The Morgan fingerprint density at radius 1 is 1.33 bits per heavy atom. The quantitative estimate of drug-likeness (QED) is 0.805. The molecule has 0 saturated carbocycles. The standard InChI is InChI=1S/C14H22N4/c1-6-10-18(7-2)13-9-8-12(16-17-13)11-15-14(3,4)5/h1,8-9,15H,7,10-11H2,2-5H3. The number of nitrogens with zero attached hydrogens (tertiary/aromatic N) is 3. The van der Waals surface area contributed by atoms with Gasteiger partial charge in [-0.1, -0.05) is 5.92 Å². The van der Waals surface area contributed by atoms with Crippen LogP contribution in [0.4, 0.5) is 5.82 Å². The fraction of sp³-hybridized carbons (Fsp3) is 0.571. The second-order valence-electron chi connectivity index (χ2n) is 5.20. The molecule has 1 aromatic heterocycles. The molecule has 0 aliphatic rings. The van der Waals surface area contributed by atoms with E-state index >= 15 is 0 Å². The van der Waals surface area contributed by atoms with Gasteiger partial charge in [0, 0.05) is 18.6 Å². The van der Waals surface area contributed by atoms with E-state index in [1.165, 1.54) is 0 Å². The highest BCUT2D eigenvalue weighted by molar-refractivity contribution is 5.38. The summed E-state index contributed by atoms with van der Waals surface area (Å²) < 4.78 is 0. The van der Waals surface area contributed by atoms with Gasteiger partial charge in [0.15, 0.2) is 5.82 Å². The molecule has 4 nitrogen and oxygen atoms in total. The topological polar surface area (TPSA) is 41.0 Å². The summed E-state index contributed by atoms with van der Waals surface area (Å²) in [6.45, 7) is 10.5. The van der Waals surface area contributed by atoms with E-state index in [1.807, 2.05) is 24.0 Å². The zero-order chi connectivity index (χ0) is 13.6. The molecule has 0 radical (unpaired) electrons. The molecule has 0 spiro atoms. The van der Waals surface area contributed by atoms with Crippen molar-refractivity contribution in [2.45, 2.75) is 39.8 Å². The van der Waals surface area contributed by atoms with Crippen molar-refractivity contribution in [1.82, 2.24) is 15.5 Å². The third-order valence-corrected chi connectivity index (χ3v) is 2.49. The number of anilines is 1. The minimum Gasteiger partial charge on any atom is -0.344 e. The Bertz CT molecular complexity index is 397. The molecule has 0 bridgehead atoms. The molecule has 18 heavy (non-hydrogen) atoms. The summed E-state index contributed by atoms with van der Waals surface area (Å²) in [6.07, 6.45) is 5.32. The first kappa shape index (κ1) is 14.5. The molecular formula is C14H22N4. The normalized spacial score (nSPS) is 11.1. The van der Waals surface area contributed by atoms with E-state index in [1.54, 1.807) is 0 Å². The van der Waals surface area contributed by atoms with Crippen molar-refractivity contribution >= 4 is 5.82 Å². The van der Waals surface area contributed by atoms with Crippen molar-refractivity contribution in [2.24, 2.45) is 0 Å². The highest BCUT2D eigenvalue weighted by Gasteiger charge is 2.10. The van der Waals surface area contributed by atoms with Gasteiger partial charge in [-0.05, 0) is 39.8 Å². The first-order valence-corrected chi connectivity index (χ1v) is 6.22. The summed E-state index contributed by atoms with van der Waals surface area (Å²) in [5.74, 6) is 3.45. The molecule has 1 rings (SSSR count). The lowest BCUT2D eigenvalue weighted by Crippen LogP contribution is -2.35. The Kier molecular flexibility index (Phi) is 5.11. The van der Waals surface area contributed by atoms with Gasteiger partial charge in [0.25, 0.3) is 0 Å². The smallest absolute Gasteiger partial charge is 0.152 e. The van der Waals surface area contributed by atoms with Crippen LogP contribution in [0.3, 0.4) is 0 Å². The van der Waals surface area contributed by atoms with Crippen LogP contribution in [0.1, 0.15) is 33.4 Å². The molecule has 4 heteroatoms. The van der Waals surface area contributed by atoms with E-state index in [0.29, 0.717) is 6.54 Å². The zero-order valence-corrected chi connectivity index (χ0v) is 11.7. The lowest BCUT2D eigenvalue weighted by Gasteiger charge is -2.21. The zero-order valence-electron chi connectivity index (χ0n) is 11.7. The third-order valence-electron chi connectivity index (χ3n) is 2.49. The molecule has 1 aromatic rings. The monoisotopic (exact) mass is 246 g/mol. The van der Waals surface area contributed by atoms with E-state index in [-0.39, 0.29) is 5.54 Å². The molecule has 1 N–H and O–H groups in total. The molecule has 0 amide bonds. The molecule has 0 saturated heterocycles. The maximum Gasteiger partial charge on any atom is 0.152 e. The summed E-state index contributed by atoms with van der Waals surface area (Å²) in [5, 5.41) is 11.8. The highest BCUT2D eigenvalue weighted by Crippen LogP contribution is 2.09. The number of rotatable bonds is 5. The van der Waals surface area contributed by atoms with Crippen LogP contribution in [-0.2, 0) is 6.54 Å². The van der Waals surface area contributed by atoms with Gasteiger partial charge in [0.05, 0.1) is 12.2 Å². The molecule has 0 unspecified atom stereocenters. The number of terminal acetylenes is 1. The van der Waals surface area contributed by atoms with E-state index in [4.69, 9.17) is 6.42 Å². The molecule has 0 aromatic carbocycles. The molecule has 0 fully saturated rings. The Morgan fingerprint density at radius 2 is 2.06 bits per heavy atom. The van der Waals surface area contributed by atoms with Gasteiger partial charge in [-0.3, -0.25) is 0 Å². The van der Waals surface area contributed by atoms with Crippen LogP contribution >= 0.6 is 0 Å². The molecule has 0 aliphatic carbocycles. The third kappa shape index (κ3) is 4.72. The van der Waals surface area contributed by atoms with E-state index in [0.717, 1.165) is 24.6 Å². The highest BCUT2D eigenvalue weighted by atomic mass is 15.3. The molecule has 98 valence electrons. The first-order valence-electron chi connectivity index (χ1n) is 6.22. The largest absolute Gasteiger partial charge is 0.344 e. The fourth-order valence-electron chi connectivity index (χ4n) is 1.44. The van der Waals surface area contributed by atoms with Crippen LogP contribution in [0.5, 0.6) is 0 Å². The summed E-state index contributed by atoms with van der Waals surface area (Å²) in [6, 6.07) is 3.95. The van der Waals surface area contributed by atoms with Gasteiger partial charge in [-0.2, -0.15) is 5.10 Å². The Balaban J connectivity index is 2.65. The number of hydrogen-bond acceptors (Lipinski definition) is 4. The lowest BCUT2D eigenvalue weighted by molar-refractivity contribution is 0.420. The number of aromatic nitrogens is 2. The van der Waals surface area contributed by atoms with Crippen molar-refractivity contribution in [3.8, 4) is 12.3 Å². The first-order chi connectivity index (χ1) is 8.46. The molecule has 1 heterocycles. The van der Waals surface area contributed by atoms with Crippen molar-refractivity contribution < 1.29 is 0 Å². The Hall–Kier alpha value is -1.60. The van der Waals surface area contributed by atoms with Gasteiger partial charge in [-0.15, -0.1) is 11.5 Å². The minimum atomic E-state index is 0.0826. The van der Waals surface area contributed by atoms with Gasteiger partial charge in [0.2, 0.25) is 0 Å². The minimum absolute atomic E-state index is 0.0826. The predicted octanol–water partition coefficient (Wildman–Crippen LogP) is 1.82. The SMILES string of the molecule is C#CCN(CC)c1ccc(CNC(C)(C)C)nn1. The van der Waals surface area contributed by atoms with Crippen LogP contribution in [-0.4, -0.2) is 28.8 Å². The second kappa shape index (κ2) is 6.36. The summed E-state index contributed by atoms with van der Waals surface area (Å²) in [4.78, 5) is 2.01. The molecular weight excluding hydrogens is 224 g/mol. The van der Waals surface area contributed by atoms with Crippen LogP contribution in [0.25, 0.3) is 0 Å². The number of nitrogens with one attached hydrogen (secondary N) is 1. The fourth-order valence-corrected chi connectivity index (χ4v) is 1.44. The van der Waals surface area contributed by atoms with E-state index < -0.39 is 0 Å². The predicted molar refractivity (Wildman–Crippen MR) is 75.3 cm³/mol. The maximum absolute atomic E-state index is 5.32. The van der Waals surface area contributed by atoms with Crippen LogP contribution in [0.15, 0.2) is 12.1 Å². The lowest BCUT2D eigenvalue weighted by atomic mass is 10.1. The van der Waals surface area contributed by atoms with Crippen molar-refractivity contribution in [2.75, 3.05) is 18.0 Å². The van der Waals surface area contributed by atoms with Crippen LogP contribution in [0, 0.1) is 12.3 Å². The van der Waals surface area contributed by atoms with Crippen LogP contribution in [0.2, 0.25) is 0 Å². The molecule has 0 atom stereocenters. The van der Waals surface area contributed by atoms with Crippen molar-refractivity contribution in [3.63, 3.8) is 0 Å². The Labute approximate surface area is 110 Å². The summed E-state index contributed by atoms with van der Waals surface area (Å²) >= 11 is 0. The average molecular weight is 246 g/mol. The van der Waals surface area contributed by atoms with E-state index in [2.05, 4.69) is 42.2 Å². The van der Waals surface area contributed by atoms with E-state index in [9.17, 15) is 0 Å². The number of hydrogen-bond donors (Lipinski definition) is 1. The van der Waals surface area contributed by atoms with Gasteiger partial charge >= 0.3 is 0 Å². The van der Waals surface area contributed by atoms with Gasteiger partial charge < -0.3 is 10.2 Å². The van der Waals surface area contributed by atoms with Crippen molar-refractivity contribution in [3.05, 3.63) is 17.8 Å².